The molecule has 132 valence electrons. The zero-order chi connectivity index (χ0) is 17.6. The van der Waals surface area contributed by atoms with Gasteiger partial charge < -0.3 is 4.90 Å². The molecule has 1 fully saturated rings. The lowest BCUT2D eigenvalue weighted by molar-refractivity contribution is -0.119. The van der Waals surface area contributed by atoms with E-state index in [4.69, 9.17) is 0 Å². The van der Waals surface area contributed by atoms with E-state index in [1.807, 2.05) is 4.90 Å². The molecule has 1 aliphatic carbocycles. The van der Waals surface area contributed by atoms with Crippen molar-refractivity contribution in [1.82, 2.24) is 10.2 Å². The van der Waals surface area contributed by atoms with Crippen LogP contribution in [0.1, 0.15) is 29.8 Å². The van der Waals surface area contributed by atoms with E-state index in [1.165, 1.54) is 11.3 Å². The maximum absolute atomic E-state index is 12.6. The summed E-state index contributed by atoms with van der Waals surface area (Å²) in [7, 11) is -3.72. The lowest BCUT2D eigenvalue weighted by Gasteiger charge is -2.30. The molecule has 1 amide bonds. The third kappa shape index (κ3) is 3.25. The van der Waals surface area contributed by atoms with Crippen LogP contribution in [0.4, 0.5) is 10.8 Å². The van der Waals surface area contributed by atoms with Gasteiger partial charge in [0.2, 0.25) is 11.0 Å². The molecule has 1 N–H and O–H groups in total. The molecular weight excluding hydrogens is 360 g/mol. The van der Waals surface area contributed by atoms with Crippen LogP contribution in [0.25, 0.3) is 0 Å². The Kier molecular flexibility index (Phi) is 3.99. The second-order valence-corrected chi connectivity index (χ2v) is 9.25. The molecule has 4 rings (SSSR count). The fourth-order valence-corrected chi connectivity index (χ4v) is 4.90. The van der Waals surface area contributed by atoms with Crippen molar-refractivity contribution in [3.8, 4) is 0 Å². The third-order valence-corrected chi connectivity index (χ3v) is 6.64. The average molecular weight is 378 g/mol. The normalized spacial score (nSPS) is 17.2. The zero-order valence-corrected chi connectivity index (χ0v) is 15.4. The van der Waals surface area contributed by atoms with E-state index in [0.29, 0.717) is 11.6 Å². The van der Waals surface area contributed by atoms with Crippen LogP contribution < -0.4 is 9.62 Å². The van der Waals surface area contributed by atoms with E-state index in [9.17, 15) is 13.2 Å². The van der Waals surface area contributed by atoms with E-state index in [0.717, 1.165) is 36.9 Å². The Balaban J connectivity index is 1.63. The van der Waals surface area contributed by atoms with Crippen LogP contribution in [0.5, 0.6) is 0 Å². The Labute approximate surface area is 150 Å². The molecule has 0 radical (unpaired) electrons. The third-order valence-electron chi connectivity index (χ3n) is 4.42. The molecule has 7 nitrogen and oxygen atoms in total. The highest BCUT2D eigenvalue weighted by atomic mass is 32.2. The number of benzene rings is 1. The number of amides is 1. The summed E-state index contributed by atoms with van der Waals surface area (Å²) in [6, 6.07) is 4.96. The number of carbonyl (C=O) groups is 1. The standard InChI is InChI=1S/C16H18N4O3S2/c1-10-17-18-16(24-10)19-25(22,23)13-6-7-14-12(9-13)3-2-8-20(14)15(21)11-4-5-11/h6-7,9,11H,2-5,8H2,1H3,(H,18,19). The summed E-state index contributed by atoms with van der Waals surface area (Å²) < 4.78 is 27.6. The van der Waals surface area contributed by atoms with Crippen LogP contribution in [-0.4, -0.2) is 31.1 Å². The Hall–Kier alpha value is -2.00. The van der Waals surface area contributed by atoms with Gasteiger partial charge >= 0.3 is 0 Å². The summed E-state index contributed by atoms with van der Waals surface area (Å²) in [4.78, 5) is 14.4. The molecule has 1 saturated carbocycles. The number of fused-ring (bicyclic) bond motifs is 1. The first-order valence-electron chi connectivity index (χ1n) is 8.21. The van der Waals surface area contributed by atoms with Gasteiger partial charge in [0.05, 0.1) is 4.90 Å². The van der Waals surface area contributed by atoms with E-state index < -0.39 is 10.0 Å². The number of aromatic nitrogens is 2. The number of nitrogens with zero attached hydrogens (tertiary/aromatic N) is 3. The second-order valence-electron chi connectivity index (χ2n) is 6.39. The maximum atomic E-state index is 12.6. The molecule has 1 aliphatic heterocycles. The molecule has 9 heteroatoms. The number of aryl methyl sites for hydroxylation is 2. The van der Waals surface area contributed by atoms with Crippen molar-refractivity contribution in [1.29, 1.82) is 0 Å². The predicted octanol–water partition coefficient (Wildman–Crippen LogP) is 2.34. The second kappa shape index (κ2) is 6.06. The van der Waals surface area contributed by atoms with Crippen LogP contribution in [0.2, 0.25) is 0 Å². The first-order valence-corrected chi connectivity index (χ1v) is 10.5. The Morgan fingerprint density at radius 1 is 1.32 bits per heavy atom. The summed E-state index contributed by atoms with van der Waals surface area (Å²) >= 11 is 1.19. The highest BCUT2D eigenvalue weighted by Gasteiger charge is 2.35. The molecule has 2 aromatic rings. The van der Waals surface area contributed by atoms with E-state index >= 15 is 0 Å². The van der Waals surface area contributed by atoms with E-state index in [-0.39, 0.29) is 21.9 Å². The molecule has 1 aromatic carbocycles. The molecule has 0 bridgehead atoms. The van der Waals surface area contributed by atoms with Crippen molar-refractivity contribution < 1.29 is 13.2 Å². The minimum atomic E-state index is -3.72. The number of hydrogen-bond donors (Lipinski definition) is 1. The molecule has 0 saturated heterocycles. The van der Waals surface area contributed by atoms with Crippen molar-refractivity contribution in [2.24, 2.45) is 5.92 Å². The summed E-state index contributed by atoms with van der Waals surface area (Å²) in [5, 5.41) is 8.56. The number of carbonyl (C=O) groups excluding carboxylic acids is 1. The minimum Gasteiger partial charge on any atom is -0.312 e. The van der Waals surface area contributed by atoms with Crippen molar-refractivity contribution in [2.75, 3.05) is 16.2 Å². The van der Waals surface area contributed by atoms with Gasteiger partial charge in [-0.1, -0.05) is 11.3 Å². The molecule has 25 heavy (non-hydrogen) atoms. The van der Waals surface area contributed by atoms with Gasteiger partial charge in [-0.3, -0.25) is 9.52 Å². The fraction of sp³-hybridized carbons (Fsp3) is 0.438. The SMILES string of the molecule is Cc1nnc(NS(=O)(=O)c2ccc3c(c2)CCCN3C(=O)C2CC2)s1. The molecule has 0 spiro atoms. The van der Waals surface area contributed by atoms with Crippen LogP contribution in [0.3, 0.4) is 0 Å². The fourth-order valence-electron chi connectivity index (χ4n) is 3.03. The number of rotatable bonds is 4. The summed E-state index contributed by atoms with van der Waals surface area (Å²) in [6.07, 6.45) is 3.54. The molecule has 0 unspecified atom stereocenters. The first-order chi connectivity index (χ1) is 11.9. The monoisotopic (exact) mass is 378 g/mol. The Bertz CT molecular complexity index is 935. The maximum Gasteiger partial charge on any atom is 0.263 e. The van der Waals surface area contributed by atoms with Gasteiger partial charge in [0.15, 0.2) is 0 Å². The predicted molar refractivity (Wildman–Crippen MR) is 95.3 cm³/mol. The highest BCUT2D eigenvalue weighted by molar-refractivity contribution is 7.93. The van der Waals surface area contributed by atoms with Crippen molar-refractivity contribution in [3.63, 3.8) is 0 Å². The number of anilines is 2. The van der Waals surface area contributed by atoms with Crippen molar-refractivity contribution in [3.05, 3.63) is 28.8 Å². The van der Waals surface area contributed by atoms with Crippen LogP contribution in [0, 0.1) is 12.8 Å². The molecule has 2 heterocycles. The van der Waals surface area contributed by atoms with Gasteiger partial charge in [0, 0.05) is 18.2 Å². The largest absolute Gasteiger partial charge is 0.312 e. The quantitative estimate of drug-likeness (QED) is 0.881. The molecule has 1 aromatic heterocycles. The number of sulfonamides is 1. The van der Waals surface area contributed by atoms with Gasteiger partial charge in [-0.25, -0.2) is 8.42 Å². The van der Waals surface area contributed by atoms with E-state index in [2.05, 4.69) is 14.9 Å². The number of hydrogen-bond acceptors (Lipinski definition) is 6. The number of nitrogens with one attached hydrogen (secondary N) is 1. The summed E-state index contributed by atoms with van der Waals surface area (Å²) in [6.45, 7) is 2.47. The lowest BCUT2D eigenvalue weighted by Crippen LogP contribution is -2.36. The first kappa shape index (κ1) is 16.5. The summed E-state index contributed by atoms with van der Waals surface area (Å²) in [5.74, 6) is 0.315. The smallest absolute Gasteiger partial charge is 0.263 e. The summed E-state index contributed by atoms with van der Waals surface area (Å²) in [5.41, 5.74) is 1.74. The van der Waals surface area contributed by atoms with E-state index in [1.54, 1.807) is 25.1 Å². The molecule has 0 atom stereocenters. The Morgan fingerprint density at radius 3 is 2.80 bits per heavy atom. The van der Waals surface area contributed by atoms with Crippen molar-refractivity contribution in [2.45, 2.75) is 37.5 Å². The zero-order valence-electron chi connectivity index (χ0n) is 13.7. The van der Waals surface area contributed by atoms with Crippen LogP contribution in [-0.2, 0) is 21.2 Å². The van der Waals surface area contributed by atoms with Gasteiger partial charge in [-0.15, -0.1) is 10.2 Å². The minimum absolute atomic E-state index is 0.150. The van der Waals surface area contributed by atoms with Crippen LogP contribution >= 0.6 is 11.3 Å². The van der Waals surface area contributed by atoms with Gasteiger partial charge in [0.25, 0.3) is 10.0 Å². The Morgan fingerprint density at radius 2 is 2.12 bits per heavy atom. The van der Waals surface area contributed by atoms with Crippen LogP contribution in [0.15, 0.2) is 23.1 Å². The highest BCUT2D eigenvalue weighted by Crippen LogP contribution is 2.36. The van der Waals surface area contributed by atoms with Gasteiger partial charge in [-0.05, 0) is 56.4 Å². The molecular formula is C16H18N4O3S2. The van der Waals surface area contributed by atoms with Crippen molar-refractivity contribution >= 4 is 38.1 Å². The topological polar surface area (TPSA) is 92.3 Å². The molecule has 2 aliphatic rings. The average Bonchev–Trinajstić information content (AvgIpc) is 3.36. The van der Waals surface area contributed by atoms with Gasteiger partial charge in [-0.2, -0.15) is 0 Å². The van der Waals surface area contributed by atoms with Gasteiger partial charge in [0.1, 0.15) is 5.01 Å². The lowest BCUT2D eigenvalue weighted by atomic mass is 10.0.